The molecule has 0 spiro atoms. The van der Waals surface area contributed by atoms with Crippen LogP contribution in [0.4, 0.5) is 8.78 Å². The summed E-state index contributed by atoms with van der Waals surface area (Å²) in [4.78, 5) is 7.20. The SMILES string of the molecule is Fc1ccc(Oc2cnc(Cl)c(F)c2)nc1. The van der Waals surface area contributed by atoms with Crippen molar-refractivity contribution >= 4 is 11.6 Å². The molecule has 3 nitrogen and oxygen atoms in total. The topological polar surface area (TPSA) is 35.0 Å². The maximum absolute atomic E-state index is 13.0. The van der Waals surface area contributed by atoms with Crippen LogP contribution in [0.5, 0.6) is 11.6 Å². The zero-order chi connectivity index (χ0) is 11.5. The van der Waals surface area contributed by atoms with Crippen LogP contribution in [-0.4, -0.2) is 9.97 Å². The van der Waals surface area contributed by atoms with Crippen molar-refractivity contribution in [3.63, 3.8) is 0 Å². The van der Waals surface area contributed by atoms with Crippen molar-refractivity contribution < 1.29 is 13.5 Å². The molecule has 0 N–H and O–H groups in total. The molecular weight excluding hydrogens is 238 g/mol. The van der Waals surface area contributed by atoms with Crippen LogP contribution in [0, 0.1) is 11.6 Å². The van der Waals surface area contributed by atoms with E-state index < -0.39 is 11.6 Å². The summed E-state index contributed by atoms with van der Waals surface area (Å²) in [7, 11) is 0. The molecule has 0 aromatic carbocycles. The van der Waals surface area contributed by atoms with Crippen LogP contribution < -0.4 is 4.74 Å². The number of pyridine rings is 2. The van der Waals surface area contributed by atoms with Gasteiger partial charge in [0.25, 0.3) is 0 Å². The second-order valence-corrected chi connectivity index (χ2v) is 3.22. The Morgan fingerprint density at radius 1 is 1.12 bits per heavy atom. The van der Waals surface area contributed by atoms with E-state index in [1.165, 1.54) is 18.3 Å². The molecule has 0 bridgehead atoms. The van der Waals surface area contributed by atoms with Gasteiger partial charge in [0.1, 0.15) is 5.82 Å². The number of nitrogens with zero attached hydrogens (tertiary/aromatic N) is 2. The van der Waals surface area contributed by atoms with Crippen LogP contribution in [0.25, 0.3) is 0 Å². The largest absolute Gasteiger partial charge is 0.437 e. The Morgan fingerprint density at radius 3 is 2.56 bits per heavy atom. The lowest BCUT2D eigenvalue weighted by molar-refractivity contribution is 0.452. The second kappa shape index (κ2) is 4.40. The Labute approximate surface area is 94.7 Å². The van der Waals surface area contributed by atoms with E-state index in [2.05, 4.69) is 9.97 Å². The molecule has 0 aliphatic heterocycles. The first kappa shape index (κ1) is 10.8. The van der Waals surface area contributed by atoms with E-state index in [0.717, 1.165) is 12.3 Å². The molecule has 0 saturated carbocycles. The Morgan fingerprint density at radius 2 is 1.94 bits per heavy atom. The predicted molar refractivity (Wildman–Crippen MR) is 53.5 cm³/mol. The van der Waals surface area contributed by atoms with Crippen molar-refractivity contribution in [3.8, 4) is 11.6 Å². The molecule has 82 valence electrons. The first-order valence-corrected chi connectivity index (χ1v) is 4.63. The summed E-state index contributed by atoms with van der Waals surface area (Å²) in [5.41, 5.74) is 0. The molecule has 0 radical (unpaired) electrons. The minimum atomic E-state index is -0.693. The van der Waals surface area contributed by atoms with E-state index in [1.807, 2.05) is 0 Å². The molecule has 2 aromatic rings. The van der Waals surface area contributed by atoms with Gasteiger partial charge in [-0.05, 0) is 6.07 Å². The molecule has 2 heterocycles. The third-order valence-corrected chi connectivity index (χ3v) is 1.97. The minimum Gasteiger partial charge on any atom is -0.437 e. The number of rotatable bonds is 2. The van der Waals surface area contributed by atoms with Gasteiger partial charge in [0.2, 0.25) is 5.88 Å². The second-order valence-electron chi connectivity index (χ2n) is 2.86. The van der Waals surface area contributed by atoms with Crippen LogP contribution in [0.1, 0.15) is 0 Å². The van der Waals surface area contributed by atoms with E-state index in [0.29, 0.717) is 0 Å². The van der Waals surface area contributed by atoms with Gasteiger partial charge in [-0.3, -0.25) is 0 Å². The van der Waals surface area contributed by atoms with Crippen molar-refractivity contribution in [1.29, 1.82) is 0 Å². The lowest BCUT2D eigenvalue weighted by Crippen LogP contribution is -1.91. The zero-order valence-electron chi connectivity index (χ0n) is 7.82. The van der Waals surface area contributed by atoms with Crippen molar-refractivity contribution in [2.75, 3.05) is 0 Å². The fourth-order valence-electron chi connectivity index (χ4n) is 1.00. The fraction of sp³-hybridized carbons (Fsp3) is 0. The Hall–Kier alpha value is -1.75. The normalized spacial score (nSPS) is 10.2. The number of ether oxygens (including phenoxy) is 1. The van der Waals surface area contributed by atoms with Gasteiger partial charge in [0.15, 0.2) is 16.7 Å². The Bertz CT molecular complexity index is 505. The summed E-state index contributed by atoms with van der Waals surface area (Å²) in [6.07, 6.45) is 2.24. The van der Waals surface area contributed by atoms with E-state index in [4.69, 9.17) is 16.3 Å². The summed E-state index contributed by atoms with van der Waals surface area (Å²) < 4.78 is 30.7. The molecule has 2 rings (SSSR count). The zero-order valence-corrected chi connectivity index (χ0v) is 8.58. The van der Waals surface area contributed by atoms with Crippen molar-refractivity contribution in [3.05, 3.63) is 47.4 Å². The van der Waals surface area contributed by atoms with Gasteiger partial charge in [-0.2, -0.15) is 0 Å². The van der Waals surface area contributed by atoms with E-state index in [-0.39, 0.29) is 16.8 Å². The molecule has 0 saturated heterocycles. The molecule has 0 amide bonds. The van der Waals surface area contributed by atoms with Crippen molar-refractivity contribution in [2.24, 2.45) is 0 Å². The highest BCUT2D eigenvalue weighted by Gasteiger charge is 2.05. The lowest BCUT2D eigenvalue weighted by atomic mass is 10.4. The summed E-state index contributed by atoms with van der Waals surface area (Å²) in [6, 6.07) is 3.57. The van der Waals surface area contributed by atoms with Crippen LogP contribution in [0.15, 0.2) is 30.6 Å². The number of hydrogen-bond acceptors (Lipinski definition) is 3. The quantitative estimate of drug-likeness (QED) is 0.759. The lowest BCUT2D eigenvalue weighted by Gasteiger charge is -2.03. The van der Waals surface area contributed by atoms with Gasteiger partial charge < -0.3 is 4.74 Å². The van der Waals surface area contributed by atoms with Crippen molar-refractivity contribution in [1.82, 2.24) is 9.97 Å². The maximum atomic E-state index is 13.0. The first-order chi connectivity index (χ1) is 7.65. The molecule has 16 heavy (non-hydrogen) atoms. The molecule has 0 aliphatic rings. The van der Waals surface area contributed by atoms with E-state index in [9.17, 15) is 8.78 Å². The highest BCUT2D eigenvalue weighted by Crippen LogP contribution is 2.21. The molecule has 0 aliphatic carbocycles. The molecule has 0 unspecified atom stereocenters. The smallest absolute Gasteiger partial charge is 0.219 e. The maximum Gasteiger partial charge on any atom is 0.219 e. The number of hydrogen-bond donors (Lipinski definition) is 0. The minimum absolute atomic E-state index is 0.140. The van der Waals surface area contributed by atoms with Crippen molar-refractivity contribution in [2.45, 2.75) is 0 Å². The third-order valence-electron chi connectivity index (χ3n) is 1.69. The predicted octanol–water partition coefficient (Wildman–Crippen LogP) is 3.20. The van der Waals surface area contributed by atoms with Gasteiger partial charge >= 0.3 is 0 Å². The summed E-state index contributed by atoms with van der Waals surface area (Å²) in [5, 5.41) is -0.237. The van der Waals surface area contributed by atoms with Crippen LogP contribution in [0.3, 0.4) is 0 Å². The molecule has 0 atom stereocenters. The summed E-state index contributed by atoms with van der Waals surface area (Å²) >= 11 is 5.40. The first-order valence-electron chi connectivity index (χ1n) is 4.25. The fourth-order valence-corrected chi connectivity index (χ4v) is 1.11. The molecule has 0 fully saturated rings. The Balaban J connectivity index is 2.20. The van der Waals surface area contributed by atoms with Gasteiger partial charge in [-0.15, -0.1) is 0 Å². The highest BCUT2D eigenvalue weighted by molar-refractivity contribution is 6.29. The Kier molecular flexibility index (Phi) is 2.96. The van der Waals surface area contributed by atoms with E-state index in [1.54, 1.807) is 0 Å². The van der Waals surface area contributed by atoms with Gasteiger partial charge in [-0.25, -0.2) is 18.7 Å². The van der Waals surface area contributed by atoms with E-state index >= 15 is 0 Å². The molecule has 2 aromatic heterocycles. The number of halogens is 3. The molecular formula is C10H5ClF2N2O. The average molecular weight is 243 g/mol. The average Bonchev–Trinajstić information content (AvgIpc) is 2.27. The van der Waals surface area contributed by atoms with Crippen LogP contribution in [-0.2, 0) is 0 Å². The van der Waals surface area contributed by atoms with Crippen LogP contribution >= 0.6 is 11.6 Å². The standard InChI is InChI=1S/C10H5ClF2N2O/c11-10-8(13)3-7(5-15-10)16-9-2-1-6(12)4-14-9/h1-5H. The van der Waals surface area contributed by atoms with Gasteiger partial charge in [-0.1, -0.05) is 11.6 Å². The highest BCUT2D eigenvalue weighted by atomic mass is 35.5. The third kappa shape index (κ3) is 2.43. The van der Waals surface area contributed by atoms with Gasteiger partial charge in [0, 0.05) is 12.1 Å². The summed E-state index contributed by atoms with van der Waals surface area (Å²) in [5.74, 6) is -0.889. The monoisotopic (exact) mass is 242 g/mol. The summed E-state index contributed by atoms with van der Waals surface area (Å²) in [6.45, 7) is 0. The number of aromatic nitrogens is 2. The molecule has 6 heteroatoms. The van der Waals surface area contributed by atoms with Crippen LogP contribution in [0.2, 0.25) is 5.15 Å². The van der Waals surface area contributed by atoms with Gasteiger partial charge in [0.05, 0.1) is 12.4 Å².